The Kier molecular flexibility index (Phi) is 7.86. The van der Waals surface area contributed by atoms with E-state index in [2.05, 4.69) is 0 Å². The maximum atomic E-state index is 12.2. The quantitative estimate of drug-likeness (QED) is 0.217. The number of phenolic OH excluding ortho intramolecular Hbond substituents is 2. The Balaban J connectivity index is 1.78. The van der Waals surface area contributed by atoms with Crippen LogP contribution in [0.4, 0.5) is 0 Å². The van der Waals surface area contributed by atoms with Crippen LogP contribution in [0.25, 0.3) is 12.2 Å². The SMILES string of the molecule is COc1cc(/C=C/C(=O)/C=C(O)/C=C/c2cc(OC)c(O)c(B3OC(C)(C)C(C)(C)O3)c2)ccc1O. The summed E-state index contributed by atoms with van der Waals surface area (Å²) in [6, 6.07) is 7.93. The van der Waals surface area contributed by atoms with E-state index in [1.807, 2.05) is 27.7 Å². The minimum Gasteiger partial charge on any atom is -0.508 e. The zero-order valence-electron chi connectivity index (χ0n) is 21.2. The summed E-state index contributed by atoms with van der Waals surface area (Å²) in [4.78, 5) is 12.2. The summed E-state index contributed by atoms with van der Waals surface area (Å²) in [7, 11) is 2.05. The number of carbonyl (C=O) groups is 1. The average Bonchev–Trinajstić information content (AvgIpc) is 3.04. The lowest BCUT2D eigenvalue weighted by Crippen LogP contribution is -2.41. The summed E-state index contributed by atoms with van der Waals surface area (Å²) in [5, 5.41) is 30.6. The number of aromatic hydroxyl groups is 2. The molecule has 36 heavy (non-hydrogen) atoms. The van der Waals surface area contributed by atoms with Crippen molar-refractivity contribution < 1.29 is 38.9 Å². The van der Waals surface area contributed by atoms with E-state index in [1.54, 1.807) is 36.4 Å². The van der Waals surface area contributed by atoms with E-state index in [-0.39, 0.29) is 28.8 Å². The molecule has 0 amide bonds. The monoisotopic (exact) mass is 494 g/mol. The van der Waals surface area contributed by atoms with E-state index in [0.717, 1.165) is 6.08 Å². The van der Waals surface area contributed by atoms with Gasteiger partial charge in [-0.1, -0.05) is 24.3 Å². The molecule has 9 heteroatoms. The molecule has 1 aliphatic rings. The van der Waals surface area contributed by atoms with Crippen molar-refractivity contribution in [1.82, 2.24) is 0 Å². The smallest absolute Gasteiger partial charge is 0.498 e. The molecule has 0 aliphatic carbocycles. The number of aliphatic hydroxyl groups is 1. The summed E-state index contributed by atoms with van der Waals surface area (Å²) in [6.45, 7) is 7.66. The van der Waals surface area contributed by atoms with Crippen LogP contribution in [0.15, 0.2) is 54.3 Å². The fraction of sp³-hybridized carbons (Fsp3) is 0.296. The number of aliphatic hydroxyl groups excluding tert-OH is 1. The summed E-state index contributed by atoms with van der Waals surface area (Å²) < 4.78 is 22.4. The molecular weight excluding hydrogens is 463 g/mol. The van der Waals surface area contributed by atoms with Crippen LogP contribution in [0, 0.1) is 0 Å². The van der Waals surface area contributed by atoms with Crippen molar-refractivity contribution in [2.24, 2.45) is 0 Å². The van der Waals surface area contributed by atoms with Crippen molar-refractivity contribution >= 4 is 30.5 Å². The van der Waals surface area contributed by atoms with Crippen LogP contribution in [-0.2, 0) is 14.1 Å². The van der Waals surface area contributed by atoms with Gasteiger partial charge in [0.25, 0.3) is 0 Å². The highest BCUT2D eigenvalue weighted by Crippen LogP contribution is 2.38. The third-order valence-corrected chi connectivity index (χ3v) is 6.23. The Morgan fingerprint density at radius 2 is 1.47 bits per heavy atom. The number of hydrogen-bond donors (Lipinski definition) is 3. The Labute approximate surface area is 211 Å². The number of phenols is 2. The Morgan fingerprint density at radius 1 is 0.889 bits per heavy atom. The number of ether oxygens (including phenoxy) is 2. The summed E-state index contributed by atoms with van der Waals surface area (Å²) in [6.07, 6.45) is 6.83. The molecule has 2 aromatic carbocycles. The number of carbonyl (C=O) groups excluding carboxylic acids is 1. The standard InChI is InChI=1S/C27H31BO8/c1-26(2)27(3,4)36-28(35-26)21-13-18(15-24(34-6)25(21)32)8-11-20(30)16-19(29)10-7-17-9-12-22(31)23(14-17)33-5/h7-16,30-32H,1-6H3/b10-7+,11-8+,20-16-. The molecule has 0 unspecified atom stereocenters. The predicted octanol–water partition coefficient (Wildman–Crippen LogP) is 4.15. The second-order valence-corrected chi connectivity index (χ2v) is 9.32. The topological polar surface area (TPSA) is 115 Å². The van der Waals surface area contributed by atoms with E-state index in [4.69, 9.17) is 18.8 Å². The minimum atomic E-state index is -0.813. The maximum Gasteiger partial charge on any atom is 0.498 e. The molecule has 3 rings (SSSR count). The van der Waals surface area contributed by atoms with Crippen molar-refractivity contribution in [3.05, 3.63) is 65.4 Å². The summed E-state index contributed by atoms with van der Waals surface area (Å²) in [5.41, 5.74) is 0.438. The van der Waals surface area contributed by atoms with Crippen LogP contribution in [0.3, 0.4) is 0 Å². The molecule has 0 atom stereocenters. The average molecular weight is 494 g/mol. The number of allylic oxidation sites excluding steroid dienone is 3. The molecule has 8 nitrogen and oxygen atoms in total. The first-order chi connectivity index (χ1) is 16.9. The first kappa shape index (κ1) is 26.9. The highest BCUT2D eigenvalue weighted by atomic mass is 16.7. The van der Waals surface area contributed by atoms with Crippen LogP contribution in [0.1, 0.15) is 38.8 Å². The van der Waals surface area contributed by atoms with Gasteiger partial charge in [0.2, 0.25) is 0 Å². The summed E-state index contributed by atoms with van der Waals surface area (Å²) in [5.74, 6) is -0.304. The predicted molar refractivity (Wildman–Crippen MR) is 139 cm³/mol. The van der Waals surface area contributed by atoms with Gasteiger partial charge in [-0.15, -0.1) is 0 Å². The van der Waals surface area contributed by atoms with E-state index in [9.17, 15) is 20.1 Å². The van der Waals surface area contributed by atoms with E-state index < -0.39 is 24.1 Å². The van der Waals surface area contributed by atoms with Gasteiger partial charge in [0, 0.05) is 11.5 Å². The normalized spacial score (nSPS) is 17.2. The van der Waals surface area contributed by atoms with Gasteiger partial charge >= 0.3 is 7.12 Å². The lowest BCUT2D eigenvalue weighted by molar-refractivity contribution is -0.110. The highest BCUT2D eigenvalue weighted by molar-refractivity contribution is 6.63. The number of hydrogen-bond acceptors (Lipinski definition) is 8. The van der Waals surface area contributed by atoms with Crippen LogP contribution >= 0.6 is 0 Å². The van der Waals surface area contributed by atoms with E-state index in [0.29, 0.717) is 16.6 Å². The van der Waals surface area contributed by atoms with Gasteiger partial charge in [-0.25, -0.2) is 0 Å². The molecule has 0 saturated carbocycles. The maximum absolute atomic E-state index is 12.2. The molecule has 0 spiro atoms. The molecule has 2 aromatic rings. The minimum absolute atomic E-state index is 0.00356. The molecule has 1 fully saturated rings. The Bertz CT molecular complexity index is 1210. The van der Waals surface area contributed by atoms with Crippen LogP contribution in [0.2, 0.25) is 0 Å². The molecule has 0 aromatic heterocycles. The number of rotatable bonds is 8. The Morgan fingerprint density at radius 3 is 2.08 bits per heavy atom. The van der Waals surface area contributed by atoms with Crippen molar-refractivity contribution in [1.29, 1.82) is 0 Å². The zero-order chi connectivity index (χ0) is 26.7. The van der Waals surface area contributed by atoms with Crippen LogP contribution in [-0.4, -0.2) is 53.6 Å². The molecule has 190 valence electrons. The molecule has 1 saturated heterocycles. The number of ketones is 1. The fourth-order valence-electron chi connectivity index (χ4n) is 3.45. The largest absolute Gasteiger partial charge is 0.508 e. The van der Waals surface area contributed by atoms with Crippen molar-refractivity contribution in [3.63, 3.8) is 0 Å². The number of benzene rings is 2. The van der Waals surface area contributed by atoms with Gasteiger partial charge in [0.15, 0.2) is 28.8 Å². The van der Waals surface area contributed by atoms with Gasteiger partial charge in [-0.2, -0.15) is 0 Å². The second kappa shape index (κ2) is 10.5. The fourth-order valence-corrected chi connectivity index (χ4v) is 3.45. The summed E-state index contributed by atoms with van der Waals surface area (Å²) >= 11 is 0. The molecular formula is C27H31BO8. The van der Waals surface area contributed by atoms with Gasteiger partial charge in [0.1, 0.15) is 5.76 Å². The number of methoxy groups -OCH3 is 2. The molecule has 3 N–H and O–H groups in total. The lowest BCUT2D eigenvalue weighted by Gasteiger charge is -2.32. The van der Waals surface area contributed by atoms with Gasteiger partial charge in [-0.05, 0) is 69.2 Å². The molecule has 0 radical (unpaired) electrons. The van der Waals surface area contributed by atoms with Gasteiger partial charge < -0.3 is 34.1 Å². The van der Waals surface area contributed by atoms with Gasteiger partial charge in [-0.3, -0.25) is 4.79 Å². The third kappa shape index (κ3) is 5.92. The lowest BCUT2D eigenvalue weighted by atomic mass is 9.77. The molecule has 1 heterocycles. The van der Waals surface area contributed by atoms with Crippen molar-refractivity contribution in [2.75, 3.05) is 14.2 Å². The molecule has 1 aliphatic heterocycles. The highest BCUT2D eigenvalue weighted by Gasteiger charge is 2.52. The van der Waals surface area contributed by atoms with E-state index >= 15 is 0 Å². The van der Waals surface area contributed by atoms with Crippen molar-refractivity contribution in [3.8, 4) is 23.0 Å². The first-order valence-corrected chi connectivity index (χ1v) is 11.3. The van der Waals surface area contributed by atoms with Crippen molar-refractivity contribution in [2.45, 2.75) is 38.9 Å². The zero-order valence-corrected chi connectivity index (χ0v) is 21.2. The van der Waals surface area contributed by atoms with Crippen LogP contribution in [0.5, 0.6) is 23.0 Å². The molecule has 0 bridgehead atoms. The van der Waals surface area contributed by atoms with Crippen LogP contribution < -0.4 is 14.9 Å². The third-order valence-electron chi connectivity index (χ3n) is 6.23. The second-order valence-electron chi connectivity index (χ2n) is 9.32. The Hall–Kier alpha value is -3.69. The first-order valence-electron chi connectivity index (χ1n) is 11.3. The van der Waals surface area contributed by atoms with E-state index in [1.165, 1.54) is 32.4 Å². The van der Waals surface area contributed by atoms with Gasteiger partial charge in [0.05, 0.1) is 25.4 Å².